The van der Waals surface area contributed by atoms with Gasteiger partial charge in [0.1, 0.15) is 0 Å². The van der Waals surface area contributed by atoms with Crippen LogP contribution in [0, 0.1) is 0 Å². The summed E-state index contributed by atoms with van der Waals surface area (Å²) in [6, 6.07) is 23.0. The van der Waals surface area contributed by atoms with Gasteiger partial charge in [-0.25, -0.2) is 8.42 Å². The molecule has 0 aliphatic carbocycles. The van der Waals surface area contributed by atoms with Gasteiger partial charge in [-0.15, -0.1) is 0 Å². The number of ether oxygens (including phenoxy) is 2. The SMILES string of the molecule is COc1ccc(-c2oc(Cc3ccccc3)nc2NS(=O)(=O)c2ccccc2)cc1OC. The standard InChI is InChI=1S/C24H22N2O5S/c1-29-20-14-13-18(16-21(20)30-2)23-24(26-32(27,28)19-11-7-4-8-12-19)25-22(31-23)15-17-9-5-3-6-10-17/h3-14,16,26H,15H2,1-2H3. The van der Waals surface area contributed by atoms with Gasteiger partial charge in [0.05, 0.1) is 19.1 Å². The van der Waals surface area contributed by atoms with Gasteiger partial charge < -0.3 is 13.9 Å². The molecule has 3 aromatic carbocycles. The first kappa shape index (κ1) is 21.5. The summed E-state index contributed by atoms with van der Waals surface area (Å²) in [5.74, 6) is 1.81. The van der Waals surface area contributed by atoms with Crippen molar-refractivity contribution in [3.63, 3.8) is 0 Å². The molecule has 164 valence electrons. The number of oxazole rings is 1. The third-order valence-corrected chi connectivity index (χ3v) is 6.15. The summed E-state index contributed by atoms with van der Waals surface area (Å²) in [6.45, 7) is 0. The fraction of sp³-hybridized carbons (Fsp3) is 0.125. The number of hydrogen-bond acceptors (Lipinski definition) is 6. The monoisotopic (exact) mass is 450 g/mol. The highest BCUT2D eigenvalue weighted by molar-refractivity contribution is 7.92. The van der Waals surface area contributed by atoms with E-state index in [1.807, 2.05) is 30.3 Å². The number of anilines is 1. The Labute approximate surface area is 186 Å². The van der Waals surface area contributed by atoms with Crippen LogP contribution in [0.1, 0.15) is 11.5 Å². The van der Waals surface area contributed by atoms with Gasteiger partial charge in [-0.3, -0.25) is 4.72 Å². The van der Waals surface area contributed by atoms with E-state index in [0.29, 0.717) is 29.4 Å². The van der Waals surface area contributed by atoms with E-state index in [2.05, 4.69) is 9.71 Å². The van der Waals surface area contributed by atoms with Crippen LogP contribution in [0.2, 0.25) is 0 Å². The second-order valence-electron chi connectivity index (χ2n) is 6.94. The van der Waals surface area contributed by atoms with Gasteiger partial charge in [-0.05, 0) is 35.9 Å². The number of aromatic nitrogens is 1. The molecule has 1 aromatic heterocycles. The summed E-state index contributed by atoms with van der Waals surface area (Å²) in [4.78, 5) is 4.59. The van der Waals surface area contributed by atoms with Crippen molar-refractivity contribution in [2.75, 3.05) is 18.9 Å². The van der Waals surface area contributed by atoms with Crippen molar-refractivity contribution in [2.24, 2.45) is 0 Å². The molecule has 1 heterocycles. The number of nitrogens with one attached hydrogen (secondary N) is 1. The molecule has 0 amide bonds. The molecule has 0 spiro atoms. The number of rotatable bonds is 8. The summed E-state index contributed by atoms with van der Waals surface area (Å²) < 4.78 is 45.2. The molecule has 1 N–H and O–H groups in total. The van der Waals surface area contributed by atoms with Crippen LogP contribution in [-0.2, 0) is 16.4 Å². The average Bonchev–Trinajstić information content (AvgIpc) is 3.21. The van der Waals surface area contributed by atoms with Crippen molar-refractivity contribution in [2.45, 2.75) is 11.3 Å². The molecule has 0 fully saturated rings. The first-order chi connectivity index (χ1) is 15.5. The van der Waals surface area contributed by atoms with E-state index in [-0.39, 0.29) is 16.5 Å². The third kappa shape index (κ3) is 4.60. The molecular formula is C24H22N2O5S. The molecule has 0 saturated heterocycles. The molecule has 4 rings (SSSR count). The molecule has 32 heavy (non-hydrogen) atoms. The van der Waals surface area contributed by atoms with E-state index >= 15 is 0 Å². The molecule has 0 aliphatic rings. The normalized spacial score (nSPS) is 11.2. The maximum Gasteiger partial charge on any atom is 0.263 e. The number of methoxy groups -OCH3 is 2. The molecule has 4 aromatic rings. The highest BCUT2D eigenvalue weighted by Crippen LogP contribution is 2.37. The molecule has 7 nitrogen and oxygen atoms in total. The minimum Gasteiger partial charge on any atom is -0.493 e. The lowest BCUT2D eigenvalue weighted by Gasteiger charge is -2.10. The molecule has 0 bridgehead atoms. The van der Waals surface area contributed by atoms with Gasteiger partial charge in [-0.1, -0.05) is 48.5 Å². The molecule has 0 atom stereocenters. The van der Waals surface area contributed by atoms with Crippen molar-refractivity contribution in [3.8, 4) is 22.8 Å². The third-order valence-electron chi connectivity index (χ3n) is 4.80. The smallest absolute Gasteiger partial charge is 0.263 e. The maximum absolute atomic E-state index is 12.9. The summed E-state index contributed by atoms with van der Waals surface area (Å²) in [6.07, 6.45) is 0.411. The molecule has 0 aliphatic heterocycles. The maximum atomic E-state index is 12.9. The van der Waals surface area contributed by atoms with Crippen molar-refractivity contribution >= 4 is 15.8 Å². The predicted molar refractivity (Wildman–Crippen MR) is 122 cm³/mol. The Kier molecular flexibility index (Phi) is 6.13. The van der Waals surface area contributed by atoms with Gasteiger partial charge in [-0.2, -0.15) is 4.98 Å². The van der Waals surface area contributed by atoms with Gasteiger partial charge in [0.15, 0.2) is 23.1 Å². The predicted octanol–water partition coefficient (Wildman–Crippen LogP) is 4.75. The van der Waals surface area contributed by atoms with E-state index in [4.69, 9.17) is 13.9 Å². The van der Waals surface area contributed by atoms with Gasteiger partial charge in [0.2, 0.25) is 5.89 Å². The molecule has 0 unspecified atom stereocenters. The van der Waals surface area contributed by atoms with Crippen LogP contribution in [0.5, 0.6) is 11.5 Å². The first-order valence-electron chi connectivity index (χ1n) is 9.84. The van der Waals surface area contributed by atoms with Gasteiger partial charge in [0.25, 0.3) is 10.0 Å². The van der Waals surface area contributed by atoms with Crippen molar-refractivity contribution in [3.05, 3.63) is 90.3 Å². The zero-order valence-electron chi connectivity index (χ0n) is 17.6. The van der Waals surface area contributed by atoms with E-state index in [1.54, 1.807) is 43.5 Å². The van der Waals surface area contributed by atoms with Crippen LogP contribution in [-0.4, -0.2) is 27.6 Å². The zero-order valence-corrected chi connectivity index (χ0v) is 18.4. The molecule has 0 saturated carbocycles. The van der Waals surface area contributed by atoms with Crippen LogP contribution in [0.4, 0.5) is 5.82 Å². The number of sulfonamides is 1. The largest absolute Gasteiger partial charge is 0.493 e. The minimum absolute atomic E-state index is 0.104. The number of nitrogens with zero attached hydrogens (tertiary/aromatic N) is 1. The Hall–Kier alpha value is -3.78. The number of hydrogen-bond donors (Lipinski definition) is 1. The fourth-order valence-electron chi connectivity index (χ4n) is 3.24. The van der Waals surface area contributed by atoms with Crippen molar-refractivity contribution in [1.82, 2.24) is 4.98 Å². The lowest BCUT2D eigenvalue weighted by Crippen LogP contribution is -2.13. The van der Waals surface area contributed by atoms with E-state index < -0.39 is 10.0 Å². The molecular weight excluding hydrogens is 428 g/mol. The molecule has 8 heteroatoms. The van der Waals surface area contributed by atoms with Gasteiger partial charge >= 0.3 is 0 Å². The zero-order chi connectivity index (χ0) is 22.6. The summed E-state index contributed by atoms with van der Waals surface area (Å²) in [5, 5.41) is 0. The first-order valence-corrected chi connectivity index (χ1v) is 11.3. The Bertz CT molecular complexity index is 1300. The second kappa shape index (κ2) is 9.15. The van der Waals surface area contributed by atoms with Crippen molar-refractivity contribution < 1.29 is 22.3 Å². The fourth-order valence-corrected chi connectivity index (χ4v) is 4.26. The minimum atomic E-state index is -3.86. The van der Waals surface area contributed by atoms with Gasteiger partial charge in [0, 0.05) is 12.0 Å². The Morgan fingerprint density at radius 2 is 1.53 bits per heavy atom. The van der Waals surface area contributed by atoms with Crippen molar-refractivity contribution in [1.29, 1.82) is 0 Å². The summed E-state index contributed by atoms with van der Waals surface area (Å²) in [7, 11) is -0.786. The summed E-state index contributed by atoms with van der Waals surface area (Å²) >= 11 is 0. The van der Waals surface area contributed by atoms with Crippen LogP contribution in [0.15, 0.2) is 88.2 Å². The highest BCUT2D eigenvalue weighted by atomic mass is 32.2. The Morgan fingerprint density at radius 3 is 2.19 bits per heavy atom. The quantitative estimate of drug-likeness (QED) is 0.417. The average molecular weight is 451 g/mol. The Morgan fingerprint density at radius 1 is 0.875 bits per heavy atom. The van der Waals surface area contributed by atoms with Crippen LogP contribution < -0.4 is 14.2 Å². The van der Waals surface area contributed by atoms with E-state index in [0.717, 1.165) is 5.56 Å². The topological polar surface area (TPSA) is 90.7 Å². The van der Waals surface area contributed by atoms with Crippen LogP contribution in [0.25, 0.3) is 11.3 Å². The van der Waals surface area contributed by atoms with E-state index in [1.165, 1.54) is 19.2 Å². The second-order valence-corrected chi connectivity index (χ2v) is 8.62. The Balaban J connectivity index is 1.77. The highest BCUT2D eigenvalue weighted by Gasteiger charge is 2.23. The number of benzene rings is 3. The van der Waals surface area contributed by atoms with E-state index in [9.17, 15) is 8.42 Å². The van der Waals surface area contributed by atoms with Crippen LogP contribution >= 0.6 is 0 Å². The van der Waals surface area contributed by atoms with Crippen LogP contribution in [0.3, 0.4) is 0 Å². The summed E-state index contributed by atoms with van der Waals surface area (Å²) in [5.41, 5.74) is 1.59. The molecule has 0 radical (unpaired) electrons. The lowest BCUT2D eigenvalue weighted by molar-refractivity contribution is 0.355. The lowest BCUT2D eigenvalue weighted by atomic mass is 10.1.